The van der Waals surface area contributed by atoms with Crippen molar-refractivity contribution in [3.05, 3.63) is 97.5 Å². The van der Waals surface area contributed by atoms with Crippen LogP contribution in [0.1, 0.15) is 11.1 Å². The highest BCUT2D eigenvalue weighted by Gasteiger charge is 2.36. The number of likely N-dealkylation sites (N-methyl/N-ethyl adjacent to an activating group) is 1. The van der Waals surface area contributed by atoms with Crippen molar-refractivity contribution in [3.63, 3.8) is 0 Å². The van der Waals surface area contributed by atoms with Gasteiger partial charge in [0.2, 0.25) is 0 Å². The number of hydrogen-bond acceptors (Lipinski definition) is 3. The van der Waals surface area contributed by atoms with Crippen LogP contribution in [0.3, 0.4) is 0 Å². The molecule has 1 fully saturated rings. The number of halogens is 3. The predicted octanol–water partition coefficient (Wildman–Crippen LogP) is 7.05. The molecule has 162 valence electrons. The maximum atomic E-state index is 13.1. The summed E-state index contributed by atoms with van der Waals surface area (Å²) in [5.74, 6) is 0.508. The van der Waals surface area contributed by atoms with E-state index in [0.29, 0.717) is 28.2 Å². The van der Waals surface area contributed by atoms with E-state index in [1.54, 1.807) is 11.9 Å². The van der Waals surface area contributed by atoms with Crippen LogP contribution < -0.4 is 9.64 Å². The molecule has 1 aliphatic heterocycles. The van der Waals surface area contributed by atoms with Gasteiger partial charge in [-0.25, -0.2) is 0 Å². The zero-order valence-electron chi connectivity index (χ0n) is 16.9. The molecule has 0 spiro atoms. The van der Waals surface area contributed by atoms with E-state index >= 15 is 0 Å². The van der Waals surface area contributed by atoms with E-state index in [4.69, 9.17) is 28.6 Å². The molecule has 0 saturated carbocycles. The number of carbonyl (C=O) groups excluding carboxylic acids is 1. The first kappa shape index (κ1) is 23.0. The van der Waals surface area contributed by atoms with Gasteiger partial charge in [0.15, 0.2) is 5.11 Å². The summed E-state index contributed by atoms with van der Waals surface area (Å²) in [6, 6.07) is 20.7. The molecule has 1 saturated heterocycles. The maximum absolute atomic E-state index is 13.1. The first-order valence-corrected chi connectivity index (χ1v) is 12.0. The maximum Gasteiger partial charge on any atom is 0.281 e. The quantitative estimate of drug-likeness (QED) is 0.235. The highest BCUT2D eigenvalue weighted by Crippen LogP contribution is 2.37. The van der Waals surface area contributed by atoms with Gasteiger partial charge in [-0.3, -0.25) is 9.69 Å². The lowest BCUT2D eigenvalue weighted by molar-refractivity contribution is -0.114. The molecule has 0 N–H and O–H groups in total. The second kappa shape index (κ2) is 9.75. The Hall–Kier alpha value is -2.19. The number of para-hydroxylation sites is 1. The zero-order chi connectivity index (χ0) is 22.8. The second-order valence-electron chi connectivity index (χ2n) is 7.08. The van der Waals surface area contributed by atoms with Gasteiger partial charge in [0, 0.05) is 12.1 Å². The molecule has 4 nitrogen and oxygen atoms in total. The smallest absolute Gasteiger partial charge is 0.281 e. The van der Waals surface area contributed by atoms with Crippen LogP contribution in [0, 0.1) is 0 Å². The molecule has 0 aromatic heterocycles. The summed E-state index contributed by atoms with van der Waals surface area (Å²) in [6.45, 7) is 0.399. The van der Waals surface area contributed by atoms with Gasteiger partial charge < -0.3 is 9.64 Å². The number of carbonyl (C=O) groups is 1. The third-order valence-corrected chi connectivity index (χ3v) is 6.78. The van der Waals surface area contributed by atoms with Crippen LogP contribution in [-0.2, 0) is 11.4 Å². The van der Waals surface area contributed by atoms with E-state index in [1.165, 1.54) is 4.90 Å². The van der Waals surface area contributed by atoms with E-state index < -0.39 is 0 Å². The number of rotatable bonds is 5. The number of thiocarbonyl (C=S) groups is 1. The zero-order valence-corrected chi connectivity index (χ0v) is 21.6. The van der Waals surface area contributed by atoms with Crippen molar-refractivity contribution in [1.82, 2.24) is 4.90 Å². The molecule has 8 heteroatoms. The topological polar surface area (TPSA) is 32.8 Å². The van der Waals surface area contributed by atoms with Gasteiger partial charge in [-0.1, -0.05) is 41.9 Å². The van der Waals surface area contributed by atoms with E-state index in [2.05, 4.69) is 31.9 Å². The fraction of sp³-hybridized carbons (Fsp3) is 0.0833. The van der Waals surface area contributed by atoms with Crippen molar-refractivity contribution in [3.8, 4) is 5.75 Å². The highest BCUT2D eigenvalue weighted by atomic mass is 79.9. The normalized spacial score (nSPS) is 15.1. The molecule has 0 atom stereocenters. The molecule has 1 amide bonds. The lowest BCUT2D eigenvalue weighted by atomic mass is 10.1. The van der Waals surface area contributed by atoms with Crippen LogP contribution >= 0.6 is 55.7 Å². The first-order chi connectivity index (χ1) is 15.3. The van der Waals surface area contributed by atoms with E-state index in [0.717, 1.165) is 25.8 Å². The summed E-state index contributed by atoms with van der Waals surface area (Å²) >= 11 is 18.6. The Morgan fingerprint density at radius 3 is 2.28 bits per heavy atom. The van der Waals surface area contributed by atoms with Gasteiger partial charge in [0.1, 0.15) is 18.1 Å². The fourth-order valence-corrected chi connectivity index (χ4v) is 5.12. The van der Waals surface area contributed by atoms with Gasteiger partial charge in [0.05, 0.1) is 14.6 Å². The molecule has 1 aliphatic rings. The lowest BCUT2D eigenvalue weighted by Crippen LogP contribution is -2.30. The average Bonchev–Trinajstić information content (AvgIpc) is 2.98. The summed E-state index contributed by atoms with van der Waals surface area (Å²) in [5, 5.41) is 1.12. The Morgan fingerprint density at radius 2 is 1.66 bits per heavy atom. The number of hydrogen-bond donors (Lipinski definition) is 0. The second-order valence-corrected chi connectivity index (χ2v) is 9.59. The van der Waals surface area contributed by atoms with Gasteiger partial charge >= 0.3 is 0 Å². The molecule has 1 heterocycles. The summed E-state index contributed by atoms with van der Waals surface area (Å²) in [4.78, 5) is 16.4. The third-order valence-electron chi connectivity index (χ3n) is 4.90. The number of benzene rings is 3. The minimum atomic E-state index is -0.168. The van der Waals surface area contributed by atoms with Crippen molar-refractivity contribution < 1.29 is 9.53 Å². The number of amides is 1. The van der Waals surface area contributed by atoms with E-state index in [-0.39, 0.29) is 5.91 Å². The van der Waals surface area contributed by atoms with Crippen LogP contribution in [-0.4, -0.2) is 23.0 Å². The number of ether oxygens (including phenoxy) is 1. The minimum Gasteiger partial charge on any atom is -0.487 e. The summed E-state index contributed by atoms with van der Waals surface area (Å²) in [5.41, 5.74) is 3.07. The van der Waals surface area contributed by atoms with Crippen molar-refractivity contribution >= 4 is 78.5 Å². The van der Waals surface area contributed by atoms with Gasteiger partial charge in [-0.05, 0) is 97.7 Å². The van der Waals surface area contributed by atoms with Gasteiger partial charge in [-0.2, -0.15) is 0 Å². The van der Waals surface area contributed by atoms with Crippen molar-refractivity contribution in [2.45, 2.75) is 6.61 Å². The molecule has 3 aromatic rings. The Bertz CT molecular complexity index is 1190. The molecule has 0 aliphatic carbocycles. The summed E-state index contributed by atoms with van der Waals surface area (Å²) in [7, 11) is 1.79. The lowest BCUT2D eigenvalue weighted by Gasteiger charge is -2.16. The van der Waals surface area contributed by atoms with Crippen LogP contribution in [0.5, 0.6) is 5.75 Å². The molecule has 32 heavy (non-hydrogen) atoms. The SMILES string of the molecule is CN1C(=S)N(c2ccccc2)C(=O)/C1=C/c1cc(Br)c(OCc2ccc(Cl)cc2)c(Br)c1. The Kier molecular flexibility index (Phi) is 7.00. The van der Waals surface area contributed by atoms with Crippen molar-refractivity contribution in [2.24, 2.45) is 0 Å². The fourth-order valence-electron chi connectivity index (χ4n) is 3.26. The molecule has 0 radical (unpaired) electrons. The molecule has 0 bridgehead atoms. The average molecular weight is 593 g/mol. The molecular weight excluding hydrogens is 576 g/mol. The summed E-state index contributed by atoms with van der Waals surface area (Å²) in [6.07, 6.45) is 1.82. The van der Waals surface area contributed by atoms with E-state index in [1.807, 2.05) is 72.8 Å². The van der Waals surface area contributed by atoms with Crippen LogP contribution in [0.15, 0.2) is 81.4 Å². The predicted molar refractivity (Wildman–Crippen MR) is 140 cm³/mol. The Labute approximate surface area is 213 Å². The Morgan fingerprint density at radius 1 is 1.03 bits per heavy atom. The highest BCUT2D eigenvalue weighted by molar-refractivity contribution is 9.11. The van der Waals surface area contributed by atoms with Crippen LogP contribution in [0.4, 0.5) is 5.69 Å². The van der Waals surface area contributed by atoms with Crippen LogP contribution in [0.2, 0.25) is 5.02 Å². The van der Waals surface area contributed by atoms with Crippen LogP contribution in [0.25, 0.3) is 6.08 Å². The minimum absolute atomic E-state index is 0.168. The molecule has 0 unspecified atom stereocenters. The largest absolute Gasteiger partial charge is 0.487 e. The first-order valence-electron chi connectivity index (χ1n) is 9.60. The van der Waals surface area contributed by atoms with Gasteiger partial charge in [-0.15, -0.1) is 0 Å². The van der Waals surface area contributed by atoms with Crippen molar-refractivity contribution in [2.75, 3.05) is 11.9 Å². The number of anilines is 1. The van der Waals surface area contributed by atoms with Gasteiger partial charge in [0.25, 0.3) is 5.91 Å². The molecular formula is C24H17Br2ClN2O2S. The standard InChI is InChI=1S/C24H17Br2ClN2O2S/c1-28-21(23(30)29(24(28)32)18-5-3-2-4-6-18)13-16-11-19(25)22(20(26)12-16)31-14-15-7-9-17(27)10-8-15/h2-13H,14H2,1H3/b21-13-. The molecule has 4 rings (SSSR count). The van der Waals surface area contributed by atoms with E-state index in [9.17, 15) is 4.79 Å². The third kappa shape index (κ3) is 4.76. The molecule has 3 aromatic carbocycles. The Balaban J connectivity index is 1.58. The number of nitrogens with zero attached hydrogens (tertiary/aromatic N) is 2. The van der Waals surface area contributed by atoms with Crippen molar-refractivity contribution in [1.29, 1.82) is 0 Å². The summed E-state index contributed by atoms with van der Waals surface area (Å²) < 4.78 is 7.52. The monoisotopic (exact) mass is 590 g/mol.